The number of nitrogens with one attached hydrogen (secondary N) is 1. The van der Waals surface area contributed by atoms with Crippen molar-refractivity contribution in [1.82, 2.24) is 20.1 Å². The molecule has 0 aliphatic carbocycles. The zero-order valence-corrected chi connectivity index (χ0v) is 13.8. The van der Waals surface area contributed by atoms with Gasteiger partial charge in [0.15, 0.2) is 0 Å². The molecule has 0 bridgehead atoms. The van der Waals surface area contributed by atoms with E-state index in [9.17, 15) is 0 Å². The lowest BCUT2D eigenvalue weighted by molar-refractivity contribution is 0.519. The second-order valence-electron chi connectivity index (χ2n) is 4.79. The Hall–Kier alpha value is -1.20. The van der Waals surface area contributed by atoms with E-state index in [1.54, 1.807) is 0 Å². The van der Waals surface area contributed by atoms with Gasteiger partial charge in [-0.3, -0.25) is 9.67 Å². The first-order valence-corrected chi connectivity index (χ1v) is 7.84. The first-order chi connectivity index (χ1) is 9.69. The fraction of sp³-hybridized carbons (Fsp3) is 0.467. The SMILES string of the molecule is CCCNC(c1ncccc1C)c1c(Br)cnn1CC. The molecule has 0 fully saturated rings. The van der Waals surface area contributed by atoms with Crippen LogP contribution in [0.25, 0.3) is 0 Å². The summed E-state index contributed by atoms with van der Waals surface area (Å²) in [6.07, 6.45) is 4.79. The van der Waals surface area contributed by atoms with Crippen molar-refractivity contribution < 1.29 is 0 Å². The van der Waals surface area contributed by atoms with Gasteiger partial charge in [-0.05, 0) is 54.4 Å². The Labute approximate surface area is 128 Å². The molecule has 20 heavy (non-hydrogen) atoms. The van der Waals surface area contributed by atoms with Gasteiger partial charge in [-0.15, -0.1) is 0 Å². The monoisotopic (exact) mass is 336 g/mol. The molecule has 108 valence electrons. The molecule has 1 unspecified atom stereocenters. The van der Waals surface area contributed by atoms with Gasteiger partial charge in [0.25, 0.3) is 0 Å². The Bertz CT molecular complexity index is 565. The van der Waals surface area contributed by atoms with Gasteiger partial charge in [0.1, 0.15) is 0 Å². The molecule has 0 aliphatic rings. The Kier molecular flexibility index (Phi) is 5.31. The Balaban J connectivity index is 2.47. The van der Waals surface area contributed by atoms with Crippen molar-refractivity contribution in [3.8, 4) is 0 Å². The fourth-order valence-corrected chi connectivity index (χ4v) is 2.85. The minimum atomic E-state index is 0.0629. The van der Waals surface area contributed by atoms with Crippen LogP contribution in [0.3, 0.4) is 0 Å². The molecule has 0 radical (unpaired) electrons. The van der Waals surface area contributed by atoms with Crippen molar-refractivity contribution in [1.29, 1.82) is 0 Å². The summed E-state index contributed by atoms with van der Waals surface area (Å²) in [7, 11) is 0. The lowest BCUT2D eigenvalue weighted by atomic mass is 10.0. The third kappa shape index (κ3) is 3.10. The molecule has 1 atom stereocenters. The van der Waals surface area contributed by atoms with Gasteiger partial charge in [-0.25, -0.2) is 0 Å². The number of aryl methyl sites for hydroxylation is 2. The maximum Gasteiger partial charge on any atom is 0.0936 e. The zero-order valence-electron chi connectivity index (χ0n) is 12.2. The van der Waals surface area contributed by atoms with Crippen LogP contribution in [0.1, 0.15) is 43.3 Å². The molecule has 4 nitrogen and oxygen atoms in total. The summed E-state index contributed by atoms with van der Waals surface area (Å²) >= 11 is 3.62. The van der Waals surface area contributed by atoms with Crippen LogP contribution >= 0.6 is 15.9 Å². The zero-order chi connectivity index (χ0) is 14.5. The second-order valence-corrected chi connectivity index (χ2v) is 5.64. The molecule has 2 aromatic rings. The van der Waals surface area contributed by atoms with Crippen LogP contribution in [-0.2, 0) is 6.54 Å². The van der Waals surface area contributed by atoms with Gasteiger partial charge in [0.05, 0.1) is 28.1 Å². The normalized spacial score (nSPS) is 12.6. The summed E-state index contributed by atoms with van der Waals surface area (Å²) in [4.78, 5) is 4.58. The van der Waals surface area contributed by atoms with Crippen molar-refractivity contribution in [3.05, 3.63) is 46.0 Å². The first kappa shape index (κ1) is 15.2. The molecule has 0 aliphatic heterocycles. The number of pyridine rings is 1. The predicted octanol–water partition coefficient (Wildman–Crippen LogP) is 3.46. The van der Waals surface area contributed by atoms with Crippen LogP contribution in [-0.4, -0.2) is 21.3 Å². The summed E-state index contributed by atoms with van der Waals surface area (Å²) in [5.74, 6) is 0. The molecular formula is C15H21BrN4. The summed E-state index contributed by atoms with van der Waals surface area (Å²) in [6, 6.07) is 4.14. The number of nitrogens with zero attached hydrogens (tertiary/aromatic N) is 3. The fourth-order valence-electron chi connectivity index (χ4n) is 2.32. The van der Waals surface area contributed by atoms with Crippen LogP contribution in [0.2, 0.25) is 0 Å². The minimum absolute atomic E-state index is 0.0629. The van der Waals surface area contributed by atoms with E-state index in [0.717, 1.165) is 35.4 Å². The topological polar surface area (TPSA) is 42.7 Å². The Morgan fingerprint density at radius 1 is 1.40 bits per heavy atom. The summed E-state index contributed by atoms with van der Waals surface area (Å²) < 4.78 is 3.05. The van der Waals surface area contributed by atoms with Gasteiger partial charge < -0.3 is 5.32 Å². The van der Waals surface area contributed by atoms with Crippen LogP contribution in [0, 0.1) is 6.92 Å². The van der Waals surface area contributed by atoms with Gasteiger partial charge in [-0.2, -0.15) is 5.10 Å². The molecule has 0 saturated carbocycles. The maximum absolute atomic E-state index is 4.58. The summed E-state index contributed by atoms with van der Waals surface area (Å²) in [5.41, 5.74) is 3.40. The van der Waals surface area contributed by atoms with Crippen molar-refractivity contribution in [2.24, 2.45) is 0 Å². The van der Waals surface area contributed by atoms with Crippen molar-refractivity contribution >= 4 is 15.9 Å². The van der Waals surface area contributed by atoms with E-state index in [2.05, 4.69) is 58.2 Å². The molecule has 0 aromatic carbocycles. The molecule has 0 spiro atoms. The van der Waals surface area contributed by atoms with E-state index in [0.29, 0.717) is 0 Å². The molecule has 0 saturated heterocycles. The molecule has 0 amide bonds. The van der Waals surface area contributed by atoms with Crippen LogP contribution < -0.4 is 5.32 Å². The second kappa shape index (κ2) is 6.99. The van der Waals surface area contributed by atoms with Crippen LogP contribution in [0.15, 0.2) is 29.0 Å². The average molecular weight is 337 g/mol. The van der Waals surface area contributed by atoms with E-state index in [-0.39, 0.29) is 6.04 Å². The third-order valence-corrected chi connectivity index (χ3v) is 3.94. The third-order valence-electron chi connectivity index (χ3n) is 3.33. The average Bonchev–Trinajstić information content (AvgIpc) is 2.82. The van der Waals surface area contributed by atoms with Crippen molar-refractivity contribution in [2.75, 3.05) is 6.54 Å². The predicted molar refractivity (Wildman–Crippen MR) is 84.7 cm³/mol. The molecule has 1 N–H and O–H groups in total. The van der Waals surface area contributed by atoms with Gasteiger partial charge >= 0.3 is 0 Å². The number of halogens is 1. The van der Waals surface area contributed by atoms with E-state index in [4.69, 9.17) is 0 Å². The van der Waals surface area contributed by atoms with Crippen LogP contribution in [0.4, 0.5) is 0 Å². The first-order valence-electron chi connectivity index (χ1n) is 7.05. The van der Waals surface area contributed by atoms with Crippen LogP contribution in [0.5, 0.6) is 0 Å². The highest BCUT2D eigenvalue weighted by Crippen LogP contribution is 2.29. The molecule has 5 heteroatoms. The summed E-state index contributed by atoms with van der Waals surface area (Å²) in [6.45, 7) is 8.16. The smallest absolute Gasteiger partial charge is 0.0936 e. The maximum atomic E-state index is 4.58. The number of rotatable bonds is 6. The minimum Gasteiger partial charge on any atom is -0.304 e. The standard InChI is InChI=1S/C15H21BrN4/c1-4-8-17-14(13-11(3)7-6-9-18-13)15-12(16)10-19-20(15)5-2/h6-7,9-10,14,17H,4-5,8H2,1-3H3. The largest absolute Gasteiger partial charge is 0.304 e. The van der Waals surface area contributed by atoms with E-state index < -0.39 is 0 Å². The molecule has 2 heterocycles. The van der Waals surface area contributed by atoms with E-state index >= 15 is 0 Å². The van der Waals surface area contributed by atoms with Crippen molar-refractivity contribution in [3.63, 3.8) is 0 Å². The summed E-state index contributed by atoms with van der Waals surface area (Å²) in [5, 5.41) is 8.01. The molecular weight excluding hydrogens is 316 g/mol. The highest BCUT2D eigenvalue weighted by molar-refractivity contribution is 9.10. The Morgan fingerprint density at radius 2 is 2.20 bits per heavy atom. The van der Waals surface area contributed by atoms with E-state index in [1.165, 1.54) is 5.56 Å². The quantitative estimate of drug-likeness (QED) is 0.878. The van der Waals surface area contributed by atoms with Gasteiger partial charge in [-0.1, -0.05) is 13.0 Å². The highest BCUT2D eigenvalue weighted by atomic mass is 79.9. The van der Waals surface area contributed by atoms with Gasteiger partial charge in [0.2, 0.25) is 0 Å². The molecule has 2 rings (SSSR count). The number of hydrogen-bond donors (Lipinski definition) is 1. The Morgan fingerprint density at radius 3 is 2.85 bits per heavy atom. The lowest BCUT2D eigenvalue weighted by Crippen LogP contribution is -2.27. The molecule has 2 aromatic heterocycles. The van der Waals surface area contributed by atoms with E-state index in [1.807, 2.05) is 23.1 Å². The van der Waals surface area contributed by atoms with Gasteiger partial charge in [0, 0.05) is 12.7 Å². The lowest BCUT2D eigenvalue weighted by Gasteiger charge is -2.21. The number of aromatic nitrogens is 3. The van der Waals surface area contributed by atoms with Crippen molar-refractivity contribution in [2.45, 2.75) is 39.8 Å². The number of hydrogen-bond acceptors (Lipinski definition) is 3. The highest BCUT2D eigenvalue weighted by Gasteiger charge is 2.23.